The van der Waals surface area contributed by atoms with E-state index in [0.29, 0.717) is 11.8 Å². The lowest BCUT2D eigenvalue weighted by Crippen LogP contribution is -2.21. The molecule has 0 radical (unpaired) electrons. The third-order valence-electron chi connectivity index (χ3n) is 5.56. The number of hydrogen-bond donors (Lipinski definition) is 0. The van der Waals surface area contributed by atoms with Crippen molar-refractivity contribution in [2.24, 2.45) is 0 Å². The van der Waals surface area contributed by atoms with Crippen molar-refractivity contribution in [1.82, 2.24) is 10.2 Å². The first-order valence-electron chi connectivity index (χ1n) is 10.6. The molecule has 0 unspecified atom stereocenters. The molecule has 0 bridgehead atoms. The van der Waals surface area contributed by atoms with Gasteiger partial charge in [0.2, 0.25) is 11.8 Å². The predicted molar refractivity (Wildman–Crippen MR) is 122 cm³/mol. The maximum Gasteiger partial charge on any atom is 0.248 e. The summed E-state index contributed by atoms with van der Waals surface area (Å²) in [5.41, 5.74) is 6.68. The highest BCUT2D eigenvalue weighted by molar-refractivity contribution is 5.67. The van der Waals surface area contributed by atoms with E-state index in [1.807, 2.05) is 0 Å². The van der Waals surface area contributed by atoms with Crippen molar-refractivity contribution in [3.63, 3.8) is 0 Å². The van der Waals surface area contributed by atoms with Gasteiger partial charge in [0.15, 0.2) is 0 Å². The molecule has 0 amide bonds. The Labute approximate surface area is 174 Å². The summed E-state index contributed by atoms with van der Waals surface area (Å²) in [7, 11) is 0. The van der Waals surface area contributed by atoms with Crippen LogP contribution in [0.5, 0.6) is 0 Å². The van der Waals surface area contributed by atoms with Gasteiger partial charge in [0.25, 0.3) is 0 Å². The van der Waals surface area contributed by atoms with Crippen LogP contribution in [0.15, 0.2) is 40.8 Å². The van der Waals surface area contributed by atoms with Gasteiger partial charge in [-0.1, -0.05) is 0 Å². The van der Waals surface area contributed by atoms with E-state index in [9.17, 15) is 0 Å². The van der Waals surface area contributed by atoms with Crippen LogP contribution in [-0.2, 0) is 0 Å². The highest BCUT2D eigenvalue weighted by atomic mass is 16.4. The molecular formula is C24H32N4O. The van der Waals surface area contributed by atoms with E-state index in [1.54, 1.807) is 0 Å². The van der Waals surface area contributed by atoms with Crippen molar-refractivity contribution >= 4 is 11.4 Å². The summed E-state index contributed by atoms with van der Waals surface area (Å²) >= 11 is 0. The summed E-state index contributed by atoms with van der Waals surface area (Å²) in [6.45, 7) is 16.8. The van der Waals surface area contributed by atoms with E-state index in [-0.39, 0.29) is 0 Å². The molecule has 3 aromatic rings. The fraction of sp³-hybridized carbons (Fsp3) is 0.417. The van der Waals surface area contributed by atoms with Gasteiger partial charge in [-0.3, -0.25) is 0 Å². The number of rotatable bonds is 8. The lowest BCUT2D eigenvalue weighted by molar-refractivity contribution is 0.583. The van der Waals surface area contributed by atoms with Crippen LogP contribution in [0.3, 0.4) is 0 Å². The Morgan fingerprint density at radius 2 is 1.03 bits per heavy atom. The smallest absolute Gasteiger partial charge is 0.248 e. The SMILES string of the molecule is CCN(CC)c1ccc(-c2nnc(-c3ccc(N(CC)CC)cc3C)o2)c(C)c1. The number of anilines is 2. The van der Waals surface area contributed by atoms with E-state index in [0.717, 1.165) is 48.4 Å². The second kappa shape index (κ2) is 9.12. The minimum Gasteiger partial charge on any atom is -0.416 e. The van der Waals surface area contributed by atoms with Gasteiger partial charge in [-0.05, 0) is 89.1 Å². The molecule has 3 rings (SSSR count). The fourth-order valence-electron chi connectivity index (χ4n) is 3.79. The molecule has 154 valence electrons. The molecule has 0 spiro atoms. The standard InChI is InChI=1S/C24H32N4O/c1-7-27(8-2)19-11-13-21(17(5)15-19)23-25-26-24(29-23)22-14-12-20(16-18(22)6)28(9-3)10-4/h11-16H,7-10H2,1-6H3. The average Bonchev–Trinajstić information content (AvgIpc) is 3.19. The van der Waals surface area contributed by atoms with Crippen LogP contribution in [0.1, 0.15) is 38.8 Å². The monoisotopic (exact) mass is 392 g/mol. The molecule has 0 N–H and O–H groups in total. The van der Waals surface area contributed by atoms with Gasteiger partial charge in [0.05, 0.1) is 0 Å². The first-order valence-corrected chi connectivity index (χ1v) is 10.6. The highest BCUT2D eigenvalue weighted by Crippen LogP contribution is 2.31. The second-order valence-corrected chi connectivity index (χ2v) is 7.26. The zero-order valence-electron chi connectivity index (χ0n) is 18.5. The summed E-state index contributed by atoms with van der Waals surface area (Å²) in [6.07, 6.45) is 0. The Morgan fingerprint density at radius 3 is 1.34 bits per heavy atom. The lowest BCUT2D eigenvalue weighted by atomic mass is 10.1. The Morgan fingerprint density at radius 1 is 0.655 bits per heavy atom. The van der Waals surface area contributed by atoms with Crippen molar-refractivity contribution in [3.8, 4) is 22.9 Å². The van der Waals surface area contributed by atoms with Crippen molar-refractivity contribution in [1.29, 1.82) is 0 Å². The molecule has 0 aliphatic heterocycles. The molecular weight excluding hydrogens is 360 g/mol. The third kappa shape index (κ3) is 4.29. The first-order chi connectivity index (χ1) is 14.0. The van der Waals surface area contributed by atoms with Crippen LogP contribution in [0, 0.1) is 13.8 Å². The van der Waals surface area contributed by atoms with Gasteiger partial charge < -0.3 is 14.2 Å². The Hall–Kier alpha value is -2.82. The number of benzene rings is 2. The lowest BCUT2D eigenvalue weighted by Gasteiger charge is -2.22. The van der Waals surface area contributed by atoms with Crippen LogP contribution >= 0.6 is 0 Å². The second-order valence-electron chi connectivity index (χ2n) is 7.26. The van der Waals surface area contributed by atoms with Gasteiger partial charge in [-0.2, -0.15) is 0 Å². The molecule has 2 aromatic carbocycles. The fourth-order valence-corrected chi connectivity index (χ4v) is 3.79. The van der Waals surface area contributed by atoms with E-state index in [1.165, 1.54) is 11.4 Å². The summed E-state index contributed by atoms with van der Waals surface area (Å²) in [6, 6.07) is 12.8. The van der Waals surface area contributed by atoms with E-state index < -0.39 is 0 Å². The molecule has 0 aliphatic rings. The molecule has 29 heavy (non-hydrogen) atoms. The summed E-state index contributed by atoms with van der Waals surface area (Å²) in [5, 5.41) is 8.66. The molecule has 0 aliphatic carbocycles. The summed E-state index contributed by atoms with van der Waals surface area (Å²) < 4.78 is 6.07. The van der Waals surface area contributed by atoms with Crippen molar-refractivity contribution in [3.05, 3.63) is 47.5 Å². The van der Waals surface area contributed by atoms with Gasteiger partial charge in [0, 0.05) is 48.7 Å². The average molecular weight is 393 g/mol. The molecule has 1 heterocycles. The number of aryl methyl sites for hydroxylation is 2. The molecule has 5 nitrogen and oxygen atoms in total. The number of aromatic nitrogens is 2. The van der Waals surface area contributed by atoms with E-state index in [4.69, 9.17) is 4.42 Å². The zero-order valence-corrected chi connectivity index (χ0v) is 18.5. The topological polar surface area (TPSA) is 45.4 Å². The molecule has 0 atom stereocenters. The van der Waals surface area contributed by atoms with Crippen LogP contribution in [0.4, 0.5) is 11.4 Å². The van der Waals surface area contributed by atoms with Gasteiger partial charge in [-0.15, -0.1) is 10.2 Å². The first kappa shape index (κ1) is 20.9. The number of hydrogen-bond acceptors (Lipinski definition) is 5. The van der Waals surface area contributed by atoms with Gasteiger partial charge in [-0.25, -0.2) is 0 Å². The normalized spacial score (nSPS) is 11.0. The predicted octanol–water partition coefficient (Wildman–Crippen LogP) is 5.71. The maximum absolute atomic E-state index is 6.07. The molecule has 1 aromatic heterocycles. The van der Waals surface area contributed by atoms with Crippen LogP contribution < -0.4 is 9.80 Å². The minimum atomic E-state index is 0.566. The highest BCUT2D eigenvalue weighted by Gasteiger charge is 2.16. The van der Waals surface area contributed by atoms with Crippen LogP contribution in [-0.4, -0.2) is 36.4 Å². The largest absolute Gasteiger partial charge is 0.416 e. The van der Waals surface area contributed by atoms with E-state index >= 15 is 0 Å². The van der Waals surface area contributed by atoms with Crippen LogP contribution in [0.2, 0.25) is 0 Å². The summed E-state index contributed by atoms with van der Waals surface area (Å²) in [4.78, 5) is 4.66. The van der Waals surface area contributed by atoms with Gasteiger partial charge in [0.1, 0.15) is 0 Å². The zero-order chi connectivity index (χ0) is 21.0. The Balaban J connectivity index is 1.90. The van der Waals surface area contributed by atoms with Crippen molar-refractivity contribution in [2.45, 2.75) is 41.5 Å². The quantitative estimate of drug-likeness (QED) is 0.491. The van der Waals surface area contributed by atoms with Crippen molar-refractivity contribution in [2.75, 3.05) is 36.0 Å². The minimum absolute atomic E-state index is 0.566. The molecule has 0 fully saturated rings. The molecule has 0 saturated heterocycles. The Bertz CT molecular complexity index is 879. The van der Waals surface area contributed by atoms with Gasteiger partial charge >= 0.3 is 0 Å². The molecule has 5 heteroatoms. The summed E-state index contributed by atoms with van der Waals surface area (Å²) in [5.74, 6) is 1.13. The van der Waals surface area contributed by atoms with E-state index in [2.05, 4.69) is 97.9 Å². The third-order valence-corrected chi connectivity index (χ3v) is 5.56. The van der Waals surface area contributed by atoms with Crippen LogP contribution in [0.25, 0.3) is 22.9 Å². The maximum atomic E-state index is 6.07. The Kier molecular flexibility index (Phi) is 6.57. The molecule has 0 saturated carbocycles. The number of nitrogens with zero attached hydrogens (tertiary/aromatic N) is 4. The van der Waals surface area contributed by atoms with Crippen molar-refractivity contribution < 1.29 is 4.42 Å².